The van der Waals surface area contributed by atoms with E-state index in [9.17, 15) is 13.6 Å². The van der Waals surface area contributed by atoms with Crippen molar-refractivity contribution in [3.8, 4) is 0 Å². The van der Waals surface area contributed by atoms with Crippen LogP contribution in [0, 0.1) is 11.6 Å². The van der Waals surface area contributed by atoms with Gasteiger partial charge in [0.25, 0.3) is 0 Å². The van der Waals surface area contributed by atoms with Gasteiger partial charge >= 0.3 is 0 Å². The molecule has 2 aromatic rings. The molecule has 0 aromatic heterocycles. The summed E-state index contributed by atoms with van der Waals surface area (Å²) in [6, 6.07) is 11.4. The smallest absolute Gasteiger partial charge is 0.220 e. The molecule has 0 fully saturated rings. The first-order chi connectivity index (χ1) is 11.1. The molecule has 0 radical (unpaired) electrons. The van der Waals surface area contributed by atoms with Gasteiger partial charge in [-0.15, -0.1) is 0 Å². The Balaban J connectivity index is 2.19. The lowest BCUT2D eigenvalue weighted by molar-refractivity contribution is -0.121. The molecular weight excluding hydrogens is 298 g/mol. The summed E-state index contributed by atoms with van der Waals surface area (Å²) in [7, 11) is 1.83. The van der Waals surface area contributed by atoms with Gasteiger partial charge in [-0.1, -0.05) is 24.3 Å². The van der Waals surface area contributed by atoms with Crippen molar-refractivity contribution < 1.29 is 13.6 Å². The van der Waals surface area contributed by atoms with Gasteiger partial charge in [0.05, 0.1) is 6.04 Å². The van der Waals surface area contributed by atoms with E-state index in [1.165, 1.54) is 24.3 Å². The number of nitrogens with one attached hydrogen (secondary N) is 2. The molecule has 23 heavy (non-hydrogen) atoms. The number of rotatable bonds is 7. The van der Waals surface area contributed by atoms with Gasteiger partial charge in [-0.25, -0.2) is 8.78 Å². The minimum absolute atomic E-state index is 0.0982. The number of halogens is 2. The Morgan fingerprint density at radius 1 is 0.957 bits per heavy atom. The van der Waals surface area contributed by atoms with Gasteiger partial charge in [-0.05, 0) is 55.4 Å². The Labute approximate surface area is 134 Å². The second-order valence-corrected chi connectivity index (χ2v) is 5.31. The molecule has 0 unspecified atom stereocenters. The lowest BCUT2D eigenvalue weighted by Gasteiger charge is -2.20. The van der Waals surface area contributed by atoms with Crippen LogP contribution in [0.4, 0.5) is 8.78 Å². The van der Waals surface area contributed by atoms with Crippen LogP contribution in [0.15, 0.2) is 48.5 Å². The van der Waals surface area contributed by atoms with Gasteiger partial charge in [0, 0.05) is 6.42 Å². The van der Waals surface area contributed by atoms with E-state index in [1.807, 2.05) is 7.05 Å². The molecule has 0 bridgehead atoms. The lowest BCUT2D eigenvalue weighted by Crippen LogP contribution is -2.29. The summed E-state index contributed by atoms with van der Waals surface area (Å²) in [6.07, 6.45) is 1.11. The van der Waals surface area contributed by atoms with Crippen LogP contribution in [0.1, 0.15) is 30.0 Å². The minimum atomic E-state index is -0.432. The van der Waals surface area contributed by atoms with Crippen LogP contribution in [0.2, 0.25) is 0 Å². The maximum Gasteiger partial charge on any atom is 0.220 e. The summed E-state index contributed by atoms with van der Waals surface area (Å²) in [5.74, 6) is -0.780. The van der Waals surface area contributed by atoms with Crippen LogP contribution >= 0.6 is 0 Å². The first kappa shape index (κ1) is 17.1. The molecule has 0 aliphatic rings. The average Bonchev–Trinajstić information content (AvgIpc) is 2.55. The fraction of sp³-hybridized carbons (Fsp3) is 0.278. The Morgan fingerprint density at radius 3 is 1.87 bits per heavy atom. The van der Waals surface area contributed by atoms with Crippen LogP contribution in [0.25, 0.3) is 0 Å². The van der Waals surface area contributed by atoms with Crippen molar-refractivity contribution >= 4 is 5.91 Å². The lowest BCUT2D eigenvalue weighted by atomic mass is 9.98. The molecule has 3 nitrogen and oxygen atoms in total. The second kappa shape index (κ2) is 8.39. The molecular formula is C18H20F2N2O. The zero-order valence-electron chi connectivity index (χ0n) is 13.0. The normalized spacial score (nSPS) is 10.8. The predicted octanol–water partition coefficient (Wildman–Crippen LogP) is 3.17. The third kappa shape index (κ3) is 5.14. The molecule has 0 saturated carbocycles. The monoisotopic (exact) mass is 318 g/mol. The van der Waals surface area contributed by atoms with Gasteiger partial charge in [0.15, 0.2) is 0 Å². The highest BCUT2D eigenvalue weighted by Crippen LogP contribution is 2.23. The molecule has 1 amide bonds. The molecule has 5 heteroatoms. The van der Waals surface area contributed by atoms with E-state index in [1.54, 1.807) is 24.3 Å². The quantitative estimate of drug-likeness (QED) is 0.770. The van der Waals surface area contributed by atoms with Gasteiger partial charge < -0.3 is 10.6 Å². The molecule has 0 saturated heterocycles. The number of carbonyl (C=O) groups is 1. The van der Waals surface area contributed by atoms with Gasteiger partial charge in [-0.3, -0.25) is 4.79 Å². The standard InChI is InChI=1S/C18H20F2N2O/c1-21-12-2-3-17(23)22-18(13-4-8-15(19)9-5-13)14-6-10-16(20)11-7-14/h4-11,18,21H,2-3,12H2,1H3,(H,22,23). The average molecular weight is 318 g/mol. The third-order valence-electron chi connectivity index (χ3n) is 3.54. The molecule has 0 heterocycles. The molecule has 2 rings (SSSR count). The number of carbonyl (C=O) groups excluding carboxylic acids is 1. The first-order valence-electron chi connectivity index (χ1n) is 7.55. The topological polar surface area (TPSA) is 41.1 Å². The van der Waals surface area contributed by atoms with E-state index in [0.717, 1.165) is 24.1 Å². The van der Waals surface area contributed by atoms with Crippen molar-refractivity contribution in [1.82, 2.24) is 10.6 Å². The van der Waals surface area contributed by atoms with Crippen LogP contribution < -0.4 is 10.6 Å². The van der Waals surface area contributed by atoms with Crippen LogP contribution in [-0.4, -0.2) is 19.5 Å². The highest BCUT2D eigenvalue weighted by Gasteiger charge is 2.17. The zero-order chi connectivity index (χ0) is 16.7. The molecule has 2 N–H and O–H groups in total. The fourth-order valence-corrected chi connectivity index (χ4v) is 2.33. The van der Waals surface area contributed by atoms with Crippen molar-refractivity contribution in [2.24, 2.45) is 0 Å². The van der Waals surface area contributed by atoms with E-state index in [-0.39, 0.29) is 17.5 Å². The van der Waals surface area contributed by atoms with E-state index in [2.05, 4.69) is 10.6 Å². The Hall–Kier alpha value is -2.27. The summed E-state index contributed by atoms with van der Waals surface area (Å²) in [5.41, 5.74) is 1.50. The maximum absolute atomic E-state index is 13.1. The van der Waals surface area contributed by atoms with Gasteiger partial charge in [0.2, 0.25) is 5.91 Å². The number of benzene rings is 2. The summed E-state index contributed by atoms with van der Waals surface area (Å²) < 4.78 is 26.3. The predicted molar refractivity (Wildman–Crippen MR) is 85.9 cm³/mol. The molecule has 0 aliphatic carbocycles. The summed E-state index contributed by atoms with van der Waals surface area (Å²) >= 11 is 0. The summed E-state index contributed by atoms with van der Waals surface area (Å²) in [4.78, 5) is 12.1. The molecule has 2 aromatic carbocycles. The summed E-state index contributed by atoms with van der Waals surface area (Å²) in [5, 5.41) is 5.92. The second-order valence-electron chi connectivity index (χ2n) is 5.31. The van der Waals surface area contributed by atoms with E-state index in [4.69, 9.17) is 0 Å². The van der Waals surface area contributed by atoms with Crippen LogP contribution in [-0.2, 0) is 4.79 Å². The highest BCUT2D eigenvalue weighted by molar-refractivity contribution is 5.77. The minimum Gasteiger partial charge on any atom is -0.345 e. The highest BCUT2D eigenvalue weighted by atomic mass is 19.1. The SMILES string of the molecule is CNCCCC(=O)NC(c1ccc(F)cc1)c1ccc(F)cc1. The zero-order valence-corrected chi connectivity index (χ0v) is 13.0. The first-order valence-corrected chi connectivity index (χ1v) is 7.55. The Bertz CT molecular complexity index is 581. The molecule has 0 aliphatic heterocycles. The Morgan fingerprint density at radius 2 is 1.43 bits per heavy atom. The van der Waals surface area contributed by atoms with Crippen molar-refractivity contribution in [2.75, 3.05) is 13.6 Å². The number of hydrogen-bond acceptors (Lipinski definition) is 2. The van der Waals surface area contributed by atoms with Gasteiger partial charge in [0.1, 0.15) is 11.6 Å². The maximum atomic E-state index is 13.1. The van der Waals surface area contributed by atoms with E-state index in [0.29, 0.717) is 6.42 Å². The number of hydrogen-bond donors (Lipinski definition) is 2. The fourth-order valence-electron chi connectivity index (χ4n) is 2.33. The number of amides is 1. The Kier molecular flexibility index (Phi) is 6.23. The molecule has 0 spiro atoms. The molecule has 0 atom stereocenters. The van der Waals surface area contributed by atoms with Crippen molar-refractivity contribution in [1.29, 1.82) is 0 Å². The third-order valence-corrected chi connectivity index (χ3v) is 3.54. The van der Waals surface area contributed by atoms with Crippen molar-refractivity contribution in [2.45, 2.75) is 18.9 Å². The van der Waals surface area contributed by atoms with E-state index < -0.39 is 6.04 Å². The largest absolute Gasteiger partial charge is 0.345 e. The summed E-state index contributed by atoms with van der Waals surface area (Å²) in [6.45, 7) is 0.755. The van der Waals surface area contributed by atoms with E-state index >= 15 is 0 Å². The van der Waals surface area contributed by atoms with Crippen LogP contribution in [0.3, 0.4) is 0 Å². The molecule has 122 valence electrons. The van der Waals surface area contributed by atoms with Crippen molar-refractivity contribution in [3.05, 3.63) is 71.3 Å². The van der Waals surface area contributed by atoms with Gasteiger partial charge in [-0.2, -0.15) is 0 Å². The van der Waals surface area contributed by atoms with Crippen LogP contribution in [0.5, 0.6) is 0 Å². The van der Waals surface area contributed by atoms with Crippen molar-refractivity contribution in [3.63, 3.8) is 0 Å².